The summed E-state index contributed by atoms with van der Waals surface area (Å²) in [6, 6.07) is 3.56. The molecular weight excluding hydrogens is 298 g/mol. The van der Waals surface area contributed by atoms with E-state index in [9.17, 15) is 14.4 Å². The Balaban J connectivity index is 2.76. The zero-order chi connectivity index (χ0) is 16.0. The Labute approximate surface area is 127 Å². The number of esters is 1. The molecule has 0 fully saturated rings. The summed E-state index contributed by atoms with van der Waals surface area (Å²) < 4.78 is 4.44. The van der Waals surface area contributed by atoms with Crippen molar-refractivity contribution < 1.29 is 24.2 Å². The van der Waals surface area contributed by atoms with E-state index in [1.165, 1.54) is 13.2 Å². The highest BCUT2D eigenvalue weighted by Gasteiger charge is 2.22. The van der Waals surface area contributed by atoms with E-state index in [2.05, 4.69) is 10.1 Å². The van der Waals surface area contributed by atoms with Crippen LogP contribution in [0.1, 0.15) is 28.8 Å². The molecule has 21 heavy (non-hydrogen) atoms. The first kappa shape index (κ1) is 17.0. The molecule has 0 saturated carbocycles. The third-order valence-corrected chi connectivity index (χ3v) is 2.99. The van der Waals surface area contributed by atoms with Crippen LogP contribution in [0.15, 0.2) is 18.2 Å². The number of carboxylic acids is 1. The fourth-order valence-corrected chi connectivity index (χ4v) is 2.02. The van der Waals surface area contributed by atoms with Gasteiger partial charge >= 0.3 is 11.9 Å². The average molecular weight is 314 g/mol. The van der Waals surface area contributed by atoms with Crippen molar-refractivity contribution in [2.45, 2.75) is 25.8 Å². The number of carbonyl (C=O) groups is 3. The van der Waals surface area contributed by atoms with Gasteiger partial charge in [-0.15, -0.1) is 0 Å². The van der Waals surface area contributed by atoms with Gasteiger partial charge in [0, 0.05) is 17.0 Å². The molecule has 0 radical (unpaired) electrons. The lowest BCUT2D eigenvalue weighted by Crippen LogP contribution is -2.41. The maximum atomic E-state index is 12.0. The van der Waals surface area contributed by atoms with Gasteiger partial charge in [0.1, 0.15) is 6.04 Å². The number of methoxy groups -OCH3 is 1. The maximum absolute atomic E-state index is 12.0. The van der Waals surface area contributed by atoms with Crippen molar-refractivity contribution >= 4 is 29.4 Å². The third-order valence-electron chi connectivity index (χ3n) is 2.77. The minimum absolute atomic E-state index is 0.0483. The standard InChI is InChI=1S/C14H16ClNO5/c1-8-5-9(7-10(15)6-8)13(18)16-11(14(19)20)3-4-12(17)21-2/h5-7,11H,3-4H2,1-2H3,(H,16,18)(H,19,20)/t11-/m1/s1. The van der Waals surface area contributed by atoms with Gasteiger partial charge in [-0.1, -0.05) is 11.6 Å². The summed E-state index contributed by atoms with van der Waals surface area (Å²) in [5.41, 5.74) is 1.05. The molecule has 114 valence electrons. The zero-order valence-corrected chi connectivity index (χ0v) is 12.4. The molecule has 0 bridgehead atoms. The van der Waals surface area contributed by atoms with Crippen LogP contribution in [0.5, 0.6) is 0 Å². The lowest BCUT2D eigenvalue weighted by molar-refractivity contribution is -0.142. The smallest absolute Gasteiger partial charge is 0.326 e. The highest BCUT2D eigenvalue weighted by Crippen LogP contribution is 2.15. The molecule has 2 N–H and O–H groups in total. The van der Waals surface area contributed by atoms with Crippen molar-refractivity contribution in [1.29, 1.82) is 0 Å². The predicted octanol–water partition coefficient (Wildman–Crippen LogP) is 1.78. The lowest BCUT2D eigenvalue weighted by atomic mass is 10.1. The van der Waals surface area contributed by atoms with Crippen LogP contribution < -0.4 is 5.32 Å². The second-order valence-corrected chi connectivity index (χ2v) is 4.93. The fraction of sp³-hybridized carbons (Fsp3) is 0.357. The first-order valence-electron chi connectivity index (χ1n) is 6.21. The van der Waals surface area contributed by atoms with E-state index in [4.69, 9.17) is 16.7 Å². The van der Waals surface area contributed by atoms with Crippen molar-refractivity contribution in [3.63, 3.8) is 0 Å². The SMILES string of the molecule is COC(=O)CC[C@@H](NC(=O)c1cc(C)cc(Cl)c1)C(=O)O. The summed E-state index contributed by atoms with van der Waals surface area (Å²) in [4.78, 5) is 34.2. The van der Waals surface area contributed by atoms with Crippen molar-refractivity contribution in [1.82, 2.24) is 5.32 Å². The molecule has 0 heterocycles. The molecule has 0 aliphatic rings. The van der Waals surface area contributed by atoms with Crippen LogP contribution in [0.4, 0.5) is 0 Å². The van der Waals surface area contributed by atoms with E-state index in [0.29, 0.717) is 5.02 Å². The second kappa shape index (κ2) is 7.64. The summed E-state index contributed by atoms with van der Waals surface area (Å²) in [5.74, 6) is -2.31. The van der Waals surface area contributed by atoms with Gasteiger partial charge < -0.3 is 15.2 Å². The molecule has 1 aromatic carbocycles. The average Bonchev–Trinajstić information content (AvgIpc) is 2.41. The Morgan fingerprint density at radius 2 is 2.00 bits per heavy atom. The molecule has 0 spiro atoms. The molecule has 0 aliphatic carbocycles. The van der Waals surface area contributed by atoms with E-state index in [1.54, 1.807) is 19.1 Å². The number of rotatable bonds is 6. The van der Waals surface area contributed by atoms with Gasteiger partial charge in [0.2, 0.25) is 0 Å². The summed E-state index contributed by atoms with van der Waals surface area (Å²) >= 11 is 5.86. The Kier molecular flexibility index (Phi) is 6.17. The highest BCUT2D eigenvalue weighted by molar-refractivity contribution is 6.31. The number of carboxylic acid groups (broad SMARTS) is 1. The molecule has 1 aromatic rings. The van der Waals surface area contributed by atoms with Crippen molar-refractivity contribution in [3.05, 3.63) is 34.3 Å². The molecule has 0 aromatic heterocycles. The number of amides is 1. The maximum Gasteiger partial charge on any atom is 0.326 e. The van der Waals surface area contributed by atoms with Crippen LogP contribution in [0.2, 0.25) is 5.02 Å². The Bertz CT molecular complexity index is 538. The largest absolute Gasteiger partial charge is 0.480 e. The molecular formula is C14H16ClNO5. The van der Waals surface area contributed by atoms with Gasteiger partial charge in [-0.3, -0.25) is 9.59 Å². The number of aryl methyl sites for hydroxylation is 1. The molecule has 1 rings (SSSR count). The molecule has 0 saturated heterocycles. The van der Waals surface area contributed by atoms with Gasteiger partial charge in [0.15, 0.2) is 0 Å². The second-order valence-electron chi connectivity index (χ2n) is 4.50. The Morgan fingerprint density at radius 3 is 2.52 bits per heavy atom. The van der Waals surface area contributed by atoms with Crippen LogP contribution in [-0.2, 0) is 14.3 Å². The topological polar surface area (TPSA) is 92.7 Å². The molecule has 1 amide bonds. The number of halogens is 1. The number of nitrogens with one attached hydrogen (secondary N) is 1. The number of ether oxygens (including phenoxy) is 1. The first-order chi connectivity index (χ1) is 9.83. The fourth-order valence-electron chi connectivity index (χ4n) is 1.73. The molecule has 6 nitrogen and oxygen atoms in total. The number of carbonyl (C=O) groups excluding carboxylic acids is 2. The summed E-state index contributed by atoms with van der Waals surface area (Å²) in [7, 11) is 1.21. The number of hydrogen-bond donors (Lipinski definition) is 2. The van der Waals surface area contributed by atoms with Crippen LogP contribution in [0.3, 0.4) is 0 Å². The lowest BCUT2D eigenvalue weighted by Gasteiger charge is -2.14. The van der Waals surface area contributed by atoms with E-state index in [-0.39, 0.29) is 18.4 Å². The Morgan fingerprint density at radius 1 is 1.33 bits per heavy atom. The third kappa shape index (κ3) is 5.43. The quantitative estimate of drug-likeness (QED) is 0.781. The predicted molar refractivity (Wildman–Crippen MR) is 76.3 cm³/mol. The summed E-state index contributed by atoms with van der Waals surface area (Å²) in [6.45, 7) is 1.77. The van der Waals surface area contributed by atoms with Gasteiger partial charge in [-0.05, 0) is 37.1 Å². The van der Waals surface area contributed by atoms with Crippen LogP contribution in [0, 0.1) is 6.92 Å². The zero-order valence-electron chi connectivity index (χ0n) is 11.7. The number of benzene rings is 1. The minimum atomic E-state index is -1.22. The van der Waals surface area contributed by atoms with Crippen molar-refractivity contribution in [3.8, 4) is 0 Å². The van der Waals surface area contributed by atoms with Crippen molar-refractivity contribution in [2.24, 2.45) is 0 Å². The van der Waals surface area contributed by atoms with Crippen LogP contribution in [0.25, 0.3) is 0 Å². The normalized spacial score (nSPS) is 11.6. The highest BCUT2D eigenvalue weighted by atomic mass is 35.5. The number of hydrogen-bond acceptors (Lipinski definition) is 4. The molecule has 0 unspecified atom stereocenters. The van der Waals surface area contributed by atoms with Crippen molar-refractivity contribution in [2.75, 3.05) is 7.11 Å². The molecule has 7 heteroatoms. The van der Waals surface area contributed by atoms with Gasteiger partial charge in [0.05, 0.1) is 7.11 Å². The Hall–Kier alpha value is -2.08. The number of aliphatic carboxylic acids is 1. The van der Waals surface area contributed by atoms with E-state index >= 15 is 0 Å². The van der Waals surface area contributed by atoms with E-state index < -0.39 is 23.9 Å². The molecule has 1 atom stereocenters. The van der Waals surface area contributed by atoms with Gasteiger partial charge in [0.25, 0.3) is 5.91 Å². The van der Waals surface area contributed by atoms with Gasteiger partial charge in [-0.2, -0.15) is 0 Å². The monoisotopic (exact) mass is 313 g/mol. The van der Waals surface area contributed by atoms with Crippen LogP contribution in [-0.4, -0.2) is 36.1 Å². The molecule has 0 aliphatic heterocycles. The summed E-state index contributed by atoms with van der Waals surface area (Å²) in [5, 5.41) is 11.8. The van der Waals surface area contributed by atoms with E-state index in [1.807, 2.05) is 0 Å². The first-order valence-corrected chi connectivity index (χ1v) is 6.59. The van der Waals surface area contributed by atoms with Gasteiger partial charge in [-0.25, -0.2) is 4.79 Å². The summed E-state index contributed by atoms with van der Waals surface area (Å²) in [6.07, 6.45) is -0.143. The minimum Gasteiger partial charge on any atom is -0.480 e. The van der Waals surface area contributed by atoms with Crippen LogP contribution >= 0.6 is 11.6 Å². The van der Waals surface area contributed by atoms with E-state index in [0.717, 1.165) is 5.56 Å².